The second-order valence-corrected chi connectivity index (χ2v) is 7.97. The summed E-state index contributed by atoms with van der Waals surface area (Å²) in [6.07, 6.45) is -0.981. The molecule has 0 aromatic carbocycles. The van der Waals surface area contributed by atoms with Crippen LogP contribution in [0, 0.1) is 0 Å². The van der Waals surface area contributed by atoms with Crippen molar-refractivity contribution < 1.29 is 23.4 Å². The van der Waals surface area contributed by atoms with Crippen molar-refractivity contribution in [2.45, 2.75) is 44.9 Å². The molecule has 172 valence electrons. The molecular weight excluding hydrogens is 445 g/mol. The highest BCUT2D eigenvalue weighted by molar-refractivity contribution is 6.33. The number of ether oxygens (including phenoxy) is 3. The first-order chi connectivity index (χ1) is 15.4. The zero-order valence-corrected chi connectivity index (χ0v) is 18.4. The van der Waals surface area contributed by atoms with E-state index in [2.05, 4.69) is 30.8 Å². The molecule has 0 unspecified atom stereocenters. The number of nitrogens with zero attached hydrogens (tertiary/aromatic N) is 4. The zero-order chi connectivity index (χ0) is 22.8. The molecule has 0 aliphatic carbocycles. The summed E-state index contributed by atoms with van der Waals surface area (Å²) in [5, 5.41) is 12.9. The van der Waals surface area contributed by atoms with E-state index in [0.29, 0.717) is 40.4 Å². The summed E-state index contributed by atoms with van der Waals surface area (Å²) in [7, 11) is 1.57. The third-order valence-electron chi connectivity index (χ3n) is 4.68. The van der Waals surface area contributed by atoms with E-state index in [1.807, 2.05) is 0 Å². The zero-order valence-electron chi connectivity index (χ0n) is 17.6. The number of aromatic amines is 1. The van der Waals surface area contributed by atoms with Crippen LogP contribution in [0.15, 0.2) is 18.5 Å². The van der Waals surface area contributed by atoms with Crippen molar-refractivity contribution >= 4 is 35.1 Å². The summed E-state index contributed by atoms with van der Waals surface area (Å²) in [5.74, 6) is 0.795. The lowest BCUT2D eigenvalue weighted by atomic mass is 10.1. The Morgan fingerprint density at radius 2 is 2.31 bits per heavy atom. The van der Waals surface area contributed by atoms with Gasteiger partial charge < -0.3 is 24.8 Å². The first-order valence-electron chi connectivity index (χ1n) is 9.92. The molecule has 1 aliphatic rings. The molecule has 11 nitrogen and oxygen atoms in total. The maximum absolute atomic E-state index is 14.9. The number of methoxy groups -OCH3 is 1. The molecule has 0 radical (unpaired) electrons. The van der Waals surface area contributed by atoms with Crippen LogP contribution >= 0.6 is 11.6 Å². The van der Waals surface area contributed by atoms with Gasteiger partial charge in [-0.2, -0.15) is 5.10 Å². The van der Waals surface area contributed by atoms with Gasteiger partial charge in [-0.15, -0.1) is 0 Å². The maximum Gasteiger partial charge on any atom is 0.407 e. The highest BCUT2D eigenvalue weighted by Gasteiger charge is 2.42. The molecule has 3 N–H and O–H groups in total. The molecule has 1 saturated heterocycles. The molecule has 13 heteroatoms. The van der Waals surface area contributed by atoms with E-state index in [-0.39, 0.29) is 12.6 Å². The largest absolute Gasteiger partial charge is 0.441 e. The Hall–Kier alpha value is -2.96. The summed E-state index contributed by atoms with van der Waals surface area (Å²) < 4.78 is 32.3. The van der Waals surface area contributed by atoms with E-state index in [9.17, 15) is 9.18 Å². The number of alkyl halides is 1. The molecule has 0 saturated carbocycles. The summed E-state index contributed by atoms with van der Waals surface area (Å²) in [6, 6.07) is 1.48. The number of fused-ring (bicyclic) bond motifs is 1. The first kappa shape index (κ1) is 22.2. The molecule has 32 heavy (non-hydrogen) atoms. The van der Waals surface area contributed by atoms with Crippen LogP contribution in [-0.4, -0.2) is 62.7 Å². The number of alkyl carbamates (subject to hydrolysis) is 1. The highest BCUT2D eigenvalue weighted by atomic mass is 35.5. The van der Waals surface area contributed by atoms with Crippen molar-refractivity contribution in [1.29, 1.82) is 0 Å². The van der Waals surface area contributed by atoms with Gasteiger partial charge in [0.05, 0.1) is 30.8 Å². The Kier molecular flexibility index (Phi) is 6.44. The molecule has 3 atom stereocenters. The minimum atomic E-state index is -1.55. The van der Waals surface area contributed by atoms with Gasteiger partial charge in [0.1, 0.15) is 11.1 Å². The Bertz CT molecular complexity index is 1100. The van der Waals surface area contributed by atoms with Crippen LogP contribution in [0.3, 0.4) is 0 Å². The van der Waals surface area contributed by atoms with Gasteiger partial charge in [0, 0.05) is 25.4 Å². The van der Waals surface area contributed by atoms with Crippen molar-refractivity contribution in [1.82, 2.24) is 29.9 Å². The molecule has 0 bridgehead atoms. The van der Waals surface area contributed by atoms with E-state index in [4.69, 9.17) is 25.8 Å². The Morgan fingerprint density at radius 3 is 3.06 bits per heavy atom. The SMILES string of the molecule is COCc1cn2c(Nc3cc([C@@H]4OC[C@H](OC(=O)NC(C)C)[C@@H]4F)[nH]n3)ncc(Cl)c2n1. The summed E-state index contributed by atoms with van der Waals surface area (Å²) in [6.45, 7) is 3.83. The van der Waals surface area contributed by atoms with Crippen LogP contribution in [0.25, 0.3) is 5.65 Å². The van der Waals surface area contributed by atoms with Crippen molar-refractivity contribution in [3.05, 3.63) is 34.9 Å². The van der Waals surface area contributed by atoms with Crippen molar-refractivity contribution in [3.63, 3.8) is 0 Å². The molecule has 1 aliphatic heterocycles. The standard InChI is InChI=1S/C19H23ClFN7O4/c1-9(2)23-19(29)32-13-8-31-16(15(13)21)12-4-14(27-26-12)25-18-22-5-11(20)17-24-10(7-30-3)6-28(17)18/h4-6,9,13,15-16H,7-8H2,1-3H3,(H,23,29)(H2,22,25,26,27)/t13-,15-,16-/m0/s1. The number of halogens is 2. The van der Waals surface area contributed by atoms with Crippen LogP contribution in [0.2, 0.25) is 5.02 Å². The fraction of sp³-hybridized carbons (Fsp3) is 0.474. The number of amides is 1. The van der Waals surface area contributed by atoms with E-state index < -0.39 is 24.5 Å². The summed E-state index contributed by atoms with van der Waals surface area (Å²) in [5.41, 5.74) is 1.58. The van der Waals surface area contributed by atoms with E-state index in [1.165, 1.54) is 6.20 Å². The number of carbonyl (C=O) groups excluding carboxylic acids is 1. The van der Waals surface area contributed by atoms with Crippen LogP contribution in [0.4, 0.5) is 21.0 Å². The normalized spacial score (nSPS) is 20.8. The number of hydrogen-bond donors (Lipinski definition) is 3. The van der Waals surface area contributed by atoms with Crippen LogP contribution < -0.4 is 10.6 Å². The number of rotatable bonds is 7. The number of hydrogen-bond acceptors (Lipinski definition) is 8. The Morgan fingerprint density at radius 1 is 1.50 bits per heavy atom. The van der Waals surface area contributed by atoms with Crippen molar-refractivity contribution in [3.8, 4) is 0 Å². The molecule has 1 fully saturated rings. The average Bonchev–Trinajstić information content (AvgIpc) is 3.44. The van der Waals surface area contributed by atoms with Crippen molar-refractivity contribution in [2.75, 3.05) is 19.0 Å². The molecule has 3 aromatic heterocycles. The van der Waals surface area contributed by atoms with Gasteiger partial charge in [0.15, 0.2) is 23.7 Å². The second kappa shape index (κ2) is 9.27. The van der Waals surface area contributed by atoms with Crippen LogP contribution in [0.1, 0.15) is 31.3 Å². The molecule has 0 spiro atoms. The van der Waals surface area contributed by atoms with Gasteiger partial charge in [-0.3, -0.25) is 9.50 Å². The number of nitrogens with one attached hydrogen (secondary N) is 3. The number of aromatic nitrogens is 5. The van der Waals surface area contributed by atoms with Gasteiger partial charge in [0.2, 0.25) is 5.95 Å². The molecule has 3 aromatic rings. The molecule has 4 heterocycles. The topological polar surface area (TPSA) is 128 Å². The smallest absolute Gasteiger partial charge is 0.407 e. The van der Waals surface area contributed by atoms with Crippen LogP contribution in [-0.2, 0) is 20.8 Å². The monoisotopic (exact) mass is 467 g/mol. The summed E-state index contributed by atoms with van der Waals surface area (Å²) in [4.78, 5) is 20.5. The lowest BCUT2D eigenvalue weighted by Crippen LogP contribution is -2.36. The Balaban J connectivity index is 1.47. The fourth-order valence-electron chi connectivity index (χ4n) is 3.31. The minimum Gasteiger partial charge on any atom is -0.441 e. The third-order valence-corrected chi connectivity index (χ3v) is 4.95. The first-order valence-corrected chi connectivity index (χ1v) is 10.3. The highest BCUT2D eigenvalue weighted by Crippen LogP contribution is 2.33. The van der Waals surface area contributed by atoms with Crippen molar-refractivity contribution in [2.24, 2.45) is 0 Å². The van der Waals surface area contributed by atoms with Gasteiger partial charge in [-0.05, 0) is 13.8 Å². The lowest BCUT2D eigenvalue weighted by Gasteiger charge is -2.16. The lowest BCUT2D eigenvalue weighted by molar-refractivity contribution is 0.0615. The predicted octanol–water partition coefficient (Wildman–Crippen LogP) is 2.91. The predicted molar refractivity (Wildman–Crippen MR) is 113 cm³/mol. The van der Waals surface area contributed by atoms with E-state index >= 15 is 0 Å². The number of H-pyrrole nitrogens is 1. The van der Waals surface area contributed by atoms with Crippen LogP contribution in [0.5, 0.6) is 0 Å². The van der Waals surface area contributed by atoms with Gasteiger partial charge in [-0.25, -0.2) is 19.2 Å². The molecule has 1 amide bonds. The van der Waals surface area contributed by atoms with Gasteiger partial charge >= 0.3 is 6.09 Å². The quantitative estimate of drug-likeness (QED) is 0.484. The number of anilines is 2. The second-order valence-electron chi connectivity index (χ2n) is 7.56. The molecular formula is C19H23ClFN7O4. The third kappa shape index (κ3) is 4.61. The van der Waals surface area contributed by atoms with E-state index in [1.54, 1.807) is 37.6 Å². The van der Waals surface area contributed by atoms with E-state index in [0.717, 1.165) is 0 Å². The number of imidazole rings is 1. The summed E-state index contributed by atoms with van der Waals surface area (Å²) >= 11 is 6.19. The molecule has 4 rings (SSSR count). The van der Waals surface area contributed by atoms with Gasteiger partial charge in [0.25, 0.3) is 0 Å². The van der Waals surface area contributed by atoms with Gasteiger partial charge in [-0.1, -0.05) is 11.6 Å². The Labute approximate surface area is 187 Å². The average molecular weight is 468 g/mol. The maximum atomic E-state index is 14.9. The minimum absolute atomic E-state index is 0.0597. The number of carbonyl (C=O) groups is 1. The fourth-order valence-corrected chi connectivity index (χ4v) is 3.49.